The van der Waals surface area contributed by atoms with Crippen LogP contribution in [-0.4, -0.2) is 27.0 Å². The van der Waals surface area contributed by atoms with E-state index < -0.39 is 14.9 Å². The Labute approximate surface area is 145 Å². The standard InChI is InChI=1S/C16H15N3O5S/c1-24-15-9-8-14(19(20)21)12-16(15)25(22,23)18(11-5-10-17)13-6-3-2-4-7-13/h2-4,6-9,12H,5,11H2,1H3. The lowest BCUT2D eigenvalue weighted by Crippen LogP contribution is -2.32. The highest BCUT2D eigenvalue weighted by molar-refractivity contribution is 7.93. The number of methoxy groups -OCH3 is 1. The number of anilines is 1. The molecule has 0 saturated heterocycles. The van der Waals surface area contributed by atoms with E-state index >= 15 is 0 Å². The predicted octanol–water partition coefficient (Wildman–Crippen LogP) is 2.71. The molecule has 0 aromatic heterocycles. The van der Waals surface area contributed by atoms with Crippen molar-refractivity contribution in [2.24, 2.45) is 0 Å². The monoisotopic (exact) mass is 361 g/mol. The highest BCUT2D eigenvalue weighted by atomic mass is 32.2. The number of nitrogens with zero attached hydrogens (tertiary/aromatic N) is 3. The lowest BCUT2D eigenvalue weighted by Gasteiger charge is -2.24. The van der Waals surface area contributed by atoms with Crippen LogP contribution in [0.2, 0.25) is 0 Å². The Hall–Kier alpha value is -3.12. The smallest absolute Gasteiger partial charge is 0.271 e. The highest BCUT2D eigenvalue weighted by Crippen LogP contribution is 2.32. The molecule has 0 bridgehead atoms. The number of non-ortho nitro benzene ring substituents is 1. The molecular formula is C16H15N3O5S. The van der Waals surface area contributed by atoms with Crippen molar-refractivity contribution in [3.8, 4) is 11.8 Å². The van der Waals surface area contributed by atoms with Crippen LogP contribution in [0.4, 0.5) is 11.4 Å². The van der Waals surface area contributed by atoms with Crippen LogP contribution in [0.1, 0.15) is 6.42 Å². The minimum Gasteiger partial charge on any atom is -0.495 e. The summed E-state index contributed by atoms with van der Waals surface area (Å²) in [5.74, 6) is -0.0107. The third-order valence-corrected chi connectivity index (χ3v) is 5.25. The highest BCUT2D eigenvalue weighted by Gasteiger charge is 2.30. The second kappa shape index (κ2) is 7.63. The van der Waals surface area contributed by atoms with Crippen LogP contribution in [0.5, 0.6) is 5.75 Å². The largest absolute Gasteiger partial charge is 0.495 e. The first-order chi connectivity index (χ1) is 11.9. The molecule has 8 nitrogen and oxygen atoms in total. The van der Waals surface area contributed by atoms with Crippen molar-refractivity contribution in [3.63, 3.8) is 0 Å². The molecule has 0 N–H and O–H groups in total. The van der Waals surface area contributed by atoms with E-state index in [9.17, 15) is 18.5 Å². The second-order valence-electron chi connectivity index (χ2n) is 4.91. The van der Waals surface area contributed by atoms with Gasteiger partial charge in [0.15, 0.2) is 0 Å². The summed E-state index contributed by atoms with van der Waals surface area (Å²) in [5.41, 5.74) is -0.0148. The van der Waals surface area contributed by atoms with Gasteiger partial charge < -0.3 is 4.74 Å². The number of hydrogen-bond acceptors (Lipinski definition) is 6. The summed E-state index contributed by atoms with van der Waals surface area (Å²) in [4.78, 5) is 10.00. The summed E-state index contributed by atoms with van der Waals surface area (Å²) < 4.78 is 32.3. The van der Waals surface area contributed by atoms with Crippen molar-refractivity contribution in [3.05, 3.63) is 58.6 Å². The molecule has 0 aliphatic carbocycles. The first kappa shape index (κ1) is 18.2. The van der Waals surface area contributed by atoms with E-state index in [1.54, 1.807) is 30.3 Å². The van der Waals surface area contributed by atoms with Gasteiger partial charge >= 0.3 is 0 Å². The van der Waals surface area contributed by atoms with Crippen LogP contribution in [0.25, 0.3) is 0 Å². The fourth-order valence-corrected chi connectivity index (χ4v) is 3.88. The minimum absolute atomic E-state index is 0.0107. The fourth-order valence-electron chi connectivity index (χ4n) is 2.23. The van der Waals surface area contributed by atoms with E-state index in [1.807, 2.05) is 6.07 Å². The Morgan fingerprint density at radius 3 is 2.48 bits per heavy atom. The number of sulfonamides is 1. The molecule has 2 aromatic rings. The van der Waals surface area contributed by atoms with Crippen molar-refractivity contribution >= 4 is 21.4 Å². The van der Waals surface area contributed by atoms with Crippen molar-refractivity contribution in [1.29, 1.82) is 5.26 Å². The average molecular weight is 361 g/mol. The van der Waals surface area contributed by atoms with Crippen LogP contribution < -0.4 is 9.04 Å². The molecular weight excluding hydrogens is 346 g/mol. The molecule has 130 valence electrons. The molecule has 0 radical (unpaired) electrons. The topological polar surface area (TPSA) is 114 Å². The summed E-state index contributed by atoms with van der Waals surface area (Å²) in [6.45, 7) is -0.0886. The van der Waals surface area contributed by atoms with Gasteiger partial charge in [0, 0.05) is 18.7 Å². The Morgan fingerprint density at radius 2 is 1.92 bits per heavy atom. The summed E-state index contributed by atoms with van der Waals surface area (Å²) in [6.07, 6.45) is -0.0363. The van der Waals surface area contributed by atoms with E-state index in [1.165, 1.54) is 19.2 Å². The molecule has 25 heavy (non-hydrogen) atoms. The van der Waals surface area contributed by atoms with E-state index in [0.717, 1.165) is 10.4 Å². The van der Waals surface area contributed by atoms with E-state index in [0.29, 0.717) is 5.69 Å². The fraction of sp³-hybridized carbons (Fsp3) is 0.188. The van der Waals surface area contributed by atoms with Gasteiger partial charge in [-0.05, 0) is 18.2 Å². The van der Waals surface area contributed by atoms with Gasteiger partial charge in [0.25, 0.3) is 15.7 Å². The van der Waals surface area contributed by atoms with Crippen LogP contribution in [0.3, 0.4) is 0 Å². The maximum atomic E-state index is 13.1. The van der Waals surface area contributed by atoms with Crippen LogP contribution in [0, 0.1) is 21.4 Å². The summed E-state index contributed by atoms with van der Waals surface area (Å²) in [7, 11) is -2.89. The molecule has 0 aliphatic rings. The predicted molar refractivity (Wildman–Crippen MR) is 90.9 cm³/mol. The Balaban J connectivity index is 2.62. The molecule has 0 heterocycles. The van der Waals surface area contributed by atoms with Gasteiger partial charge in [0.2, 0.25) is 0 Å². The van der Waals surface area contributed by atoms with Crippen molar-refractivity contribution in [1.82, 2.24) is 0 Å². The maximum absolute atomic E-state index is 13.1. The number of ether oxygens (including phenoxy) is 1. The van der Waals surface area contributed by atoms with Gasteiger partial charge in [-0.25, -0.2) is 8.42 Å². The third kappa shape index (κ3) is 3.87. The molecule has 0 atom stereocenters. The van der Waals surface area contributed by atoms with Crippen molar-refractivity contribution in [2.75, 3.05) is 18.0 Å². The van der Waals surface area contributed by atoms with E-state index in [4.69, 9.17) is 10.00 Å². The number of benzene rings is 2. The second-order valence-corrected chi connectivity index (χ2v) is 6.74. The third-order valence-electron chi connectivity index (χ3n) is 3.40. The maximum Gasteiger partial charge on any atom is 0.271 e. The molecule has 0 saturated carbocycles. The van der Waals surface area contributed by atoms with Gasteiger partial charge in [-0.2, -0.15) is 5.26 Å². The number of para-hydroxylation sites is 1. The molecule has 0 aliphatic heterocycles. The quantitative estimate of drug-likeness (QED) is 0.553. The van der Waals surface area contributed by atoms with Crippen LogP contribution >= 0.6 is 0 Å². The summed E-state index contributed by atoms with van der Waals surface area (Å²) >= 11 is 0. The zero-order valence-corrected chi connectivity index (χ0v) is 14.1. The molecule has 0 amide bonds. The first-order valence-corrected chi connectivity index (χ1v) is 8.63. The average Bonchev–Trinajstić information content (AvgIpc) is 2.62. The Morgan fingerprint density at radius 1 is 1.24 bits per heavy atom. The Kier molecular flexibility index (Phi) is 5.56. The van der Waals surface area contributed by atoms with Gasteiger partial charge in [0.1, 0.15) is 10.6 Å². The van der Waals surface area contributed by atoms with Crippen molar-refractivity contribution in [2.45, 2.75) is 11.3 Å². The molecule has 9 heteroatoms. The summed E-state index contributed by atoms with van der Waals surface area (Å²) in [5, 5.41) is 19.8. The SMILES string of the molecule is COc1ccc([N+](=O)[O-])cc1S(=O)(=O)N(CCC#N)c1ccccc1. The van der Waals surface area contributed by atoms with Crippen LogP contribution in [0.15, 0.2) is 53.4 Å². The van der Waals surface area contributed by atoms with E-state index in [-0.39, 0.29) is 29.3 Å². The normalized spacial score (nSPS) is 10.7. The van der Waals surface area contributed by atoms with Crippen molar-refractivity contribution < 1.29 is 18.1 Å². The van der Waals surface area contributed by atoms with E-state index in [2.05, 4.69) is 0 Å². The summed E-state index contributed by atoms with van der Waals surface area (Å²) in [6, 6.07) is 13.5. The molecule has 2 rings (SSSR count). The lowest BCUT2D eigenvalue weighted by molar-refractivity contribution is -0.385. The van der Waals surface area contributed by atoms with Gasteiger partial charge in [-0.15, -0.1) is 0 Å². The lowest BCUT2D eigenvalue weighted by atomic mass is 10.3. The van der Waals surface area contributed by atoms with Crippen LogP contribution in [-0.2, 0) is 10.0 Å². The zero-order valence-electron chi connectivity index (χ0n) is 13.3. The molecule has 0 spiro atoms. The number of hydrogen-bond donors (Lipinski definition) is 0. The van der Waals surface area contributed by atoms with Gasteiger partial charge in [-0.3, -0.25) is 14.4 Å². The molecule has 0 unspecified atom stereocenters. The number of nitro benzene ring substituents is 1. The number of nitro groups is 1. The first-order valence-electron chi connectivity index (χ1n) is 7.19. The molecule has 2 aromatic carbocycles. The number of rotatable bonds is 7. The Bertz CT molecular complexity index is 907. The zero-order chi connectivity index (χ0) is 18.4. The van der Waals surface area contributed by atoms with Gasteiger partial charge in [-0.1, -0.05) is 18.2 Å². The molecule has 0 fully saturated rings. The van der Waals surface area contributed by atoms with Gasteiger partial charge in [0.05, 0.1) is 30.2 Å². The number of nitriles is 1. The minimum atomic E-state index is -4.17.